The van der Waals surface area contributed by atoms with E-state index in [1.807, 2.05) is 6.07 Å². The molecule has 1 saturated heterocycles. The van der Waals surface area contributed by atoms with Gasteiger partial charge in [0.1, 0.15) is 0 Å². The number of benzene rings is 2. The van der Waals surface area contributed by atoms with Gasteiger partial charge in [-0.15, -0.1) is 0 Å². The summed E-state index contributed by atoms with van der Waals surface area (Å²) in [7, 11) is 0. The maximum Gasteiger partial charge on any atom is 0.223 e. The highest BCUT2D eigenvalue weighted by molar-refractivity contribution is 5.78. The summed E-state index contributed by atoms with van der Waals surface area (Å²) in [5.41, 5.74) is 5.08. The minimum Gasteiger partial charge on any atom is -0.352 e. The molecule has 1 N–H and O–H groups in total. The highest BCUT2D eigenvalue weighted by Gasteiger charge is 2.24. The first-order chi connectivity index (χ1) is 12.1. The third-order valence-electron chi connectivity index (χ3n) is 5.00. The standard InChI is InChI=1S/C22H28N2O/c1-17-5-3-7-19(13-17)15-23-22(25)21-9-11-24(12-10-21)16-20-8-4-6-18(2)14-20/h3-8,13-14,21H,9-12,15-16H2,1-2H3,(H,23,25). The minimum atomic E-state index is 0.151. The van der Waals surface area contributed by atoms with E-state index in [4.69, 9.17) is 0 Å². The summed E-state index contributed by atoms with van der Waals surface area (Å²) < 4.78 is 0. The van der Waals surface area contributed by atoms with Crippen LogP contribution in [0.2, 0.25) is 0 Å². The van der Waals surface area contributed by atoms with Crippen LogP contribution in [0.4, 0.5) is 0 Å². The van der Waals surface area contributed by atoms with Crippen molar-refractivity contribution in [3.63, 3.8) is 0 Å². The number of nitrogens with one attached hydrogen (secondary N) is 1. The normalized spacial score (nSPS) is 15.9. The number of likely N-dealkylation sites (tertiary alicyclic amines) is 1. The SMILES string of the molecule is Cc1cccc(CNC(=O)C2CCN(Cc3cccc(C)c3)CC2)c1. The molecule has 1 aliphatic rings. The number of aryl methyl sites for hydroxylation is 2. The van der Waals surface area contributed by atoms with E-state index in [1.54, 1.807) is 0 Å². The Hall–Kier alpha value is -2.13. The number of piperidine rings is 1. The average Bonchev–Trinajstić information content (AvgIpc) is 2.60. The van der Waals surface area contributed by atoms with Crippen LogP contribution in [0.15, 0.2) is 48.5 Å². The number of amides is 1. The predicted molar refractivity (Wildman–Crippen MR) is 102 cm³/mol. The third kappa shape index (κ3) is 5.17. The van der Waals surface area contributed by atoms with Gasteiger partial charge in [-0.1, -0.05) is 59.7 Å². The van der Waals surface area contributed by atoms with Gasteiger partial charge in [-0.25, -0.2) is 0 Å². The minimum absolute atomic E-state index is 0.151. The fourth-order valence-electron chi connectivity index (χ4n) is 3.58. The Kier molecular flexibility index (Phi) is 5.87. The Balaban J connectivity index is 1.44. The number of hydrogen-bond acceptors (Lipinski definition) is 2. The van der Waals surface area contributed by atoms with Gasteiger partial charge in [0.05, 0.1) is 0 Å². The van der Waals surface area contributed by atoms with E-state index >= 15 is 0 Å². The number of nitrogens with zero attached hydrogens (tertiary/aromatic N) is 1. The van der Waals surface area contributed by atoms with Crippen LogP contribution >= 0.6 is 0 Å². The lowest BCUT2D eigenvalue weighted by Crippen LogP contribution is -2.40. The molecule has 2 aromatic rings. The van der Waals surface area contributed by atoms with Crippen LogP contribution in [0.25, 0.3) is 0 Å². The van der Waals surface area contributed by atoms with Gasteiger partial charge in [-0.05, 0) is 50.9 Å². The molecule has 132 valence electrons. The van der Waals surface area contributed by atoms with Crippen molar-refractivity contribution in [1.29, 1.82) is 0 Å². The van der Waals surface area contributed by atoms with E-state index in [0.717, 1.165) is 32.5 Å². The zero-order chi connectivity index (χ0) is 17.6. The van der Waals surface area contributed by atoms with E-state index in [0.29, 0.717) is 6.54 Å². The lowest BCUT2D eigenvalue weighted by atomic mass is 9.95. The summed E-state index contributed by atoms with van der Waals surface area (Å²) in [6.45, 7) is 7.82. The molecule has 0 atom stereocenters. The Morgan fingerprint density at radius 3 is 2.24 bits per heavy atom. The fraction of sp³-hybridized carbons (Fsp3) is 0.409. The molecule has 0 saturated carbocycles. The molecule has 3 rings (SSSR count). The molecule has 0 aliphatic carbocycles. The Bertz CT molecular complexity index is 717. The van der Waals surface area contributed by atoms with Gasteiger partial charge in [0.25, 0.3) is 0 Å². The number of carbonyl (C=O) groups is 1. The number of carbonyl (C=O) groups excluding carboxylic acids is 1. The van der Waals surface area contributed by atoms with Crippen LogP contribution in [-0.4, -0.2) is 23.9 Å². The molecule has 25 heavy (non-hydrogen) atoms. The quantitative estimate of drug-likeness (QED) is 0.900. The van der Waals surface area contributed by atoms with E-state index in [2.05, 4.69) is 66.5 Å². The molecule has 3 heteroatoms. The Morgan fingerprint density at radius 1 is 1.00 bits per heavy atom. The van der Waals surface area contributed by atoms with E-state index in [-0.39, 0.29) is 11.8 Å². The Labute approximate surface area is 151 Å². The maximum atomic E-state index is 12.4. The lowest BCUT2D eigenvalue weighted by Gasteiger charge is -2.31. The monoisotopic (exact) mass is 336 g/mol. The highest BCUT2D eigenvalue weighted by Crippen LogP contribution is 2.20. The van der Waals surface area contributed by atoms with Gasteiger partial charge in [-0.2, -0.15) is 0 Å². The number of hydrogen-bond donors (Lipinski definition) is 1. The average molecular weight is 336 g/mol. The largest absolute Gasteiger partial charge is 0.352 e. The second kappa shape index (κ2) is 8.30. The predicted octanol–water partition coefficient (Wildman–Crippen LogP) is 3.83. The molecule has 0 aromatic heterocycles. The summed E-state index contributed by atoms with van der Waals surface area (Å²) >= 11 is 0. The molecular weight excluding hydrogens is 308 g/mol. The molecule has 0 spiro atoms. The van der Waals surface area contributed by atoms with Crippen molar-refractivity contribution in [3.8, 4) is 0 Å². The van der Waals surface area contributed by atoms with Gasteiger partial charge in [0.2, 0.25) is 5.91 Å². The second-order valence-electron chi connectivity index (χ2n) is 7.25. The van der Waals surface area contributed by atoms with Crippen molar-refractivity contribution < 1.29 is 4.79 Å². The fourth-order valence-corrected chi connectivity index (χ4v) is 3.58. The summed E-state index contributed by atoms with van der Waals surface area (Å²) in [5, 5.41) is 3.11. The van der Waals surface area contributed by atoms with Gasteiger partial charge >= 0.3 is 0 Å². The van der Waals surface area contributed by atoms with E-state index in [1.165, 1.54) is 22.3 Å². The third-order valence-corrected chi connectivity index (χ3v) is 5.00. The zero-order valence-corrected chi connectivity index (χ0v) is 15.3. The van der Waals surface area contributed by atoms with Crippen LogP contribution in [0, 0.1) is 19.8 Å². The van der Waals surface area contributed by atoms with Crippen molar-refractivity contribution in [2.75, 3.05) is 13.1 Å². The van der Waals surface area contributed by atoms with Crippen molar-refractivity contribution in [2.24, 2.45) is 5.92 Å². The first kappa shape index (κ1) is 17.7. The molecule has 1 heterocycles. The molecule has 1 aliphatic heterocycles. The molecule has 0 bridgehead atoms. The van der Waals surface area contributed by atoms with Crippen LogP contribution in [0.5, 0.6) is 0 Å². The van der Waals surface area contributed by atoms with Crippen molar-refractivity contribution in [2.45, 2.75) is 39.8 Å². The van der Waals surface area contributed by atoms with E-state index in [9.17, 15) is 4.79 Å². The molecular formula is C22H28N2O. The van der Waals surface area contributed by atoms with Crippen molar-refractivity contribution in [3.05, 3.63) is 70.8 Å². The Morgan fingerprint density at radius 2 is 1.60 bits per heavy atom. The maximum absolute atomic E-state index is 12.4. The zero-order valence-electron chi connectivity index (χ0n) is 15.3. The van der Waals surface area contributed by atoms with E-state index < -0.39 is 0 Å². The summed E-state index contributed by atoms with van der Waals surface area (Å²) in [4.78, 5) is 14.9. The topological polar surface area (TPSA) is 32.3 Å². The first-order valence-corrected chi connectivity index (χ1v) is 9.21. The highest BCUT2D eigenvalue weighted by atomic mass is 16.1. The van der Waals surface area contributed by atoms with Crippen LogP contribution in [-0.2, 0) is 17.9 Å². The van der Waals surface area contributed by atoms with Crippen LogP contribution in [0.3, 0.4) is 0 Å². The van der Waals surface area contributed by atoms with Crippen LogP contribution in [0.1, 0.15) is 35.1 Å². The van der Waals surface area contributed by atoms with Gasteiger partial charge in [0.15, 0.2) is 0 Å². The summed E-state index contributed by atoms with van der Waals surface area (Å²) in [6, 6.07) is 17.0. The molecule has 1 amide bonds. The van der Waals surface area contributed by atoms with Gasteiger partial charge in [0, 0.05) is 19.0 Å². The molecule has 3 nitrogen and oxygen atoms in total. The van der Waals surface area contributed by atoms with Crippen LogP contribution < -0.4 is 5.32 Å². The molecule has 1 fully saturated rings. The van der Waals surface area contributed by atoms with Gasteiger partial charge < -0.3 is 5.32 Å². The summed E-state index contributed by atoms with van der Waals surface area (Å²) in [5.74, 6) is 0.357. The lowest BCUT2D eigenvalue weighted by molar-refractivity contribution is -0.126. The molecule has 2 aromatic carbocycles. The smallest absolute Gasteiger partial charge is 0.223 e. The van der Waals surface area contributed by atoms with Crippen molar-refractivity contribution in [1.82, 2.24) is 10.2 Å². The van der Waals surface area contributed by atoms with Crippen molar-refractivity contribution >= 4 is 5.91 Å². The second-order valence-corrected chi connectivity index (χ2v) is 7.25. The molecule has 0 radical (unpaired) electrons. The number of rotatable bonds is 5. The summed E-state index contributed by atoms with van der Waals surface area (Å²) in [6.07, 6.45) is 1.90. The molecule has 0 unspecified atom stereocenters. The first-order valence-electron chi connectivity index (χ1n) is 9.21. The van der Waals surface area contributed by atoms with Gasteiger partial charge in [-0.3, -0.25) is 9.69 Å².